The Morgan fingerprint density at radius 1 is 0.947 bits per heavy atom. The smallest absolute Gasteiger partial charge is 0.258 e. The molecule has 0 saturated heterocycles. The molecule has 0 heterocycles. The maximum atomic E-state index is 10.9. The minimum Gasteiger partial charge on any atom is -0.258 e. The minimum atomic E-state index is -2.32. The predicted molar refractivity (Wildman–Crippen MR) is 63.2 cm³/mol. The van der Waals surface area contributed by atoms with E-state index < -0.39 is 15.5 Å². The van der Waals surface area contributed by atoms with Crippen LogP contribution in [0.3, 0.4) is 0 Å². The van der Waals surface area contributed by atoms with E-state index in [9.17, 15) is 20.2 Å². The minimum absolute atomic E-state index is 0.0353. The highest BCUT2D eigenvalue weighted by Crippen LogP contribution is 2.24. The van der Waals surface area contributed by atoms with Crippen LogP contribution < -0.4 is 0 Å². The molecule has 104 valence electrons. The van der Waals surface area contributed by atoms with Crippen LogP contribution in [0.1, 0.15) is 25.7 Å². The summed E-state index contributed by atoms with van der Waals surface area (Å²) in [7, 11) is 0. The van der Waals surface area contributed by atoms with Crippen molar-refractivity contribution in [2.75, 3.05) is 13.1 Å². The third-order valence-electron chi connectivity index (χ3n) is 2.48. The van der Waals surface area contributed by atoms with Crippen LogP contribution in [0.2, 0.25) is 0 Å². The summed E-state index contributed by atoms with van der Waals surface area (Å²) in [6, 6.07) is 0. The van der Waals surface area contributed by atoms with Crippen LogP contribution in [0.5, 0.6) is 0 Å². The van der Waals surface area contributed by atoms with Crippen LogP contribution in [-0.2, 0) is 0 Å². The van der Waals surface area contributed by atoms with Crippen LogP contribution in [0, 0.1) is 20.2 Å². The molecule has 0 aromatic rings. The Bertz CT molecular complexity index is 385. The molecule has 0 amide bonds. The van der Waals surface area contributed by atoms with Crippen LogP contribution in [0.15, 0.2) is 10.2 Å². The molecule has 0 aliphatic carbocycles. The van der Waals surface area contributed by atoms with E-state index in [1.807, 2.05) is 0 Å². The van der Waals surface area contributed by atoms with Gasteiger partial charge in [-0.25, -0.2) is 0 Å². The number of azide groups is 2. The molecule has 0 rings (SSSR count). The van der Waals surface area contributed by atoms with Gasteiger partial charge >= 0.3 is 5.66 Å². The van der Waals surface area contributed by atoms with Crippen molar-refractivity contribution in [1.82, 2.24) is 0 Å². The molecule has 19 heavy (non-hydrogen) atoms. The molecular formula is C7H12N8O4. The van der Waals surface area contributed by atoms with E-state index in [4.69, 9.17) is 11.1 Å². The fourth-order valence-electron chi connectivity index (χ4n) is 1.51. The third-order valence-corrected chi connectivity index (χ3v) is 2.48. The van der Waals surface area contributed by atoms with E-state index in [0.29, 0.717) is 0 Å². The molecule has 0 aromatic heterocycles. The molecule has 12 heteroatoms. The lowest BCUT2D eigenvalue weighted by Gasteiger charge is -2.16. The van der Waals surface area contributed by atoms with Crippen LogP contribution >= 0.6 is 0 Å². The average Bonchev–Trinajstić information content (AvgIpc) is 2.36. The first-order valence-corrected chi connectivity index (χ1v) is 5.32. The summed E-state index contributed by atoms with van der Waals surface area (Å²) >= 11 is 0. The molecule has 0 spiro atoms. The number of rotatable bonds is 10. The number of nitrogens with zero attached hydrogens (tertiary/aromatic N) is 8. The highest BCUT2D eigenvalue weighted by Gasteiger charge is 2.54. The average molecular weight is 272 g/mol. The Kier molecular flexibility index (Phi) is 7.35. The first-order chi connectivity index (χ1) is 9.01. The van der Waals surface area contributed by atoms with Gasteiger partial charge in [0.05, 0.1) is 22.7 Å². The van der Waals surface area contributed by atoms with E-state index >= 15 is 0 Å². The van der Waals surface area contributed by atoms with Gasteiger partial charge in [-0.05, 0) is 23.9 Å². The molecule has 12 nitrogen and oxygen atoms in total. The van der Waals surface area contributed by atoms with Crippen molar-refractivity contribution in [2.24, 2.45) is 10.2 Å². The molecule has 0 aliphatic heterocycles. The summed E-state index contributed by atoms with van der Waals surface area (Å²) in [5.74, 6) is 0. The normalized spacial score (nSPS) is 10.1. The summed E-state index contributed by atoms with van der Waals surface area (Å²) in [6.45, 7) is -0.0907. The van der Waals surface area contributed by atoms with Gasteiger partial charge in [0.2, 0.25) is 0 Å². The largest absolute Gasteiger partial charge is 0.458 e. The maximum Gasteiger partial charge on any atom is 0.458 e. The zero-order valence-electron chi connectivity index (χ0n) is 9.95. The van der Waals surface area contributed by atoms with Crippen molar-refractivity contribution in [1.29, 1.82) is 0 Å². The molecule has 0 saturated carbocycles. The Hall–Kier alpha value is -2.58. The van der Waals surface area contributed by atoms with Gasteiger partial charge in [0.1, 0.15) is 0 Å². The van der Waals surface area contributed by atoms with Crippen LogP contribution in [-0.4, -0.2) is 28.6 Å². The van der Waals surface area contributed by atoms with Crippen LogP contribution in [0.25, 0.3) is 20.9 Å². The summed E-state index contributed by atoms with van der Waals surface area (Å²) in [4.78, 5) is 24.9. The monoisotopic (exact) mass is 272 g/mol. The second-order valence-corrected chi connectivity index (χ2v) is 3.61. The van der Waals surface area contributed by atoms with Gasteiger partial charge in [0, 0.05) is 22.9 Å². The zero-order valence-corrected chi connectivity index (χ0v) is 9.95. The van der Waals surface area contributed by atoms with Gasteiger partial charge in [-0.1, -0.05) is 10.2 Å². The van der Waals surface area contributed by atoms with Gasteiger partial charge in [-0.2, -0.15) is 0 Å². The molecule has 0 aromatic carbocycles. The highest BCUT2D eigenvalue weighted by atomic mass is 16.7. The molecule has 0 radical (unpaired) electrons. The van der Waals surface area contributed by atoms with E-state index in [-0.39, 0.29) is 38.8 Å². The molecule has 0 bridgehead atoms. The van der Waals surface area contributed by atoms with Crippen molar-refractivity contribution in [3.05, 3.63) is 41.1 Å². The highest BCUT2D eigenvalue weighted by molar-refractivity contribution is 4.69. The van der Waals surface area contributed by atoms with Crippen molar-refractivity contribution in [2.45, 2.75) is 31.3 Å². The quantitative estimate of drug-likeness (QED) is 0.112. The molecule has 0 aliphatic rings. The van der Waals surface area contributed by atoms with E-state index in [2.05, 4.69) is 20.1 Å². The summed E-state index contributed by atoms with van der Waals surface area (Å²) in [5.41, 5.74) is 13.8. The second kappa shape index (κ2) is 8.50. The summed E-state index contributed by atoms with van der Waals surface area (Å²) in [6.07, 6.45) is -0.619. The Morgan fingerprint density at radius 2 is 1.32 bits per heavy atom. The Morgan fingerprint density at radius 3 is 1.58 bits per heavy atom. The van der Waals surface area contributed by atoms with Gasteiger partial charge < -0.3 is 0 Å². The topological polar surface area (TPSA) is 184 Å². The number of nitro groups is 2. The lowest BCUT2D eigenvalue weighted by atomic mass is 9.99. The summed E-state index contributed by atoms with van der Waals surface area (Å²) < 4.78 is 0. The Labute approximate surface area is 107 Å². The maximum absolute atomic E-state index is 10.9. The van der Waals surface area contributed by atoms with Crippen molar-refractivity contribution < 1.29 is 9.85 Å². The molecule has 0 N–H and O–H groups in total. The van der Waals surface area contributed by atoms with E-state index in [1.165, 1.54) is 0 Å². The predicted octanol–water partition coefficient (Wildman–Crippen LogP) is 2.42. The van der Waals surface area contributed by atoms with Gasteiger partial charge in [0.15, 0.2) is 0 Å². The standard InChI is InChI=1S/C7H12N8O4/c8-12-10-5-1-3-7(14(16)17,15(18)19)4-2-6-11-13-9/h1-6H2. The number of hydrogen-bond acceptors (Lipinski definition) is 6. The van der Waals surface area contributed by atoms with Gasteiger partial charge in [0.25, 0.3) is 0 Å². The van der Waals surface area contributed by atoms with Crippen molar-refractivity contribution in [3.8, 4) is 0 Å². The SMILES string of the molecule is [N-]=[N+]=NCCCC(CCCN=[N+]=[N-])([N+](=O)[O-])[N+](=O)[O-]. The lowest BCUT2D eigenvalue weighted by molar-refractivity contribution is -0.799. The molecular weight excluding hydrogens is 260 g/mol. The molecule has 0 unspecified atom stereocenters. The first-order valence-electron chi connectivity index (χ1n) is 5.32. The molecule has 0 atom stereocenters. The third kappa shape index (κ3) is 5.06. The lowest BCUT2D eigenvalue weighted by Crippen LogP contribution is -2.46. The fourth-order valence-corrected chi connectivity index (χ4v) is 1.51. The van der Waals surface area contributed by atoms with Crippen molar-refractivity contribution in [3.63, 3.8) is 0 Å². The van der Waals surface area contributed by atoms with E-state index in [0.717, 1.165) is 0 Å². The van der Waals surface area contributed by atoms with Crippen molar-refractivity contribution >= 4 is 0 Å². The van der Waals surface area contributed by atoms with Gasteiger partial charge in [-0.15, -0.1) is 0 Å². The zero-order chi connectivity index (χ0) is 14.7. The molecule has 0 fully saturated rings. The van der Waals surface area contributed by atoms with Gasteiger partial charge in [-0.3, -0.25) is 20.2 Å². The Balaban J connectivity index is 4.76. The summed E-state index contributed by atoms with van der Waals surface area (Å²) in [5, 5.41) is 28.2. The second-order valence-electron chi connectivity index (χ2n) is 3.61. The number of hydrogen-bond donors (Lipinski definition) is 0. The first kappa shape index (κ1) is 16.4. The fraction of sp³-hybridized carbons (Fsp3) is 1.00. The van der Waals surface area contributed by atoms with Crippen LogP contribution in [0.4, 0.5) is 0 Å². The van der Waals surface area contributed by atoms with E-state index in [1.54, 1.807) is 0 Å².